The Morgan fingerprint density at radius 1 is 1.48 bits per heavy atom. The molecule has 0 fully saturated rings. The van der Waals surface area contributed by atoms with Crippen molar-refractivity contribution in [1.82, 2.24) is 25.1 Å². The van der Waals surface area contributed by atoms with Gasteiger partial charge in [0.05, 0.1) is 29.1 Å². The molecule has 0 saturated heterocycles. The number of nitrogens with zero attached hydrogens (tertiary/aromatic N) is 3. The van der Waals surface area contributed by atoms with Gasteiger partial charge in [0.25, 0.3) is 5.56 Å². The van der Waals surface area contributed by atoms with Gasteiger partial charge < -0.3 is 10.3 Å². The summed E-state index contributed by atoms with van der Waals surface area (Å²) in [7, 11) is 1.85. The summed E-state index contributed by atoms with van der Waals surface area (Å²) < 4.78 is 1.71. The van der Waals surface area contributed by atoms with Gasteiger partial charge in [-0.25, -0.2) is 4.98 Å². The van der Waals surface area contributed by atoms with E-state index in [1.54, 1.807) is 22.2 Å². The van der Waals surface area contributed by atoms with Crippen molar-refractivity contribution in [2.45, 2.75) is 38.0 Å². The van der Waals surface area contributed by atoms with Crippen molar-refractivity contribution in [3.05, 3.63) is 44.6 Å². The normalized spacial score (nSPS) is 14.4. The predicted octanol–water partition coefficient (Wildman–Crippen LogP) is 2.32. The standard InChI is InChI=1S/C18H21N5O2S2/c1-10(11-6-19-23(2)7-11)20-15(24)9-26-8-14-21-17(25)16-12-4-3-5-13(12)27-18(16)22-14/h6-7,10H,3-5,8-9H2,1-2H3,(H,20,24)(H,21,22,25). The van der Waals surface area contributed by atoms with Gasteiger partial charge in [-0.1, -0.05) is 0 Å². The Balaban J connectivity index is 1.35. The first-order valence-electron chi connectivity index (χ1n) is 8.90. The van der Waals surface area contributed by atoms with Crippen molar-refractivity contribution in [2.24, 2.45) is 7.05 Å². The van der Waals surface area contributed by atoms with Gasteiger partial charge in [-0.2, -0.15) is 5.10 Å². The van der Waals surface area contributed by atoms with E-state index in [4.69, 9.17) is 0 Å². The Labute approximate surface area is 164 Å². The van der Waals surface area contributed by atoms with Crippen LogP contribution in [0.5, 0.6) is 0 Å². The van der Waals surface area contributed by atoms with E-state index in [0.717, 1.165) is 35.0 Å². The summed E-state index contributed by atoms with van der Waals surface area (Å²) in [4.78, 5) is 34.2. The Morgan fingerprint density at radius 2 is 2.33 bits per heavy atom. The molecule has 27 heavy (non-hydrogen) atoms. The zero-order valence-electron chi connectivity index (χ0n) is 15.2. The van der Waals surface area contributed by atoms with E-state index in [1.165, 1.54) is 22.2 Å². The number of carbonyl (C=O) groups is 1. The van der Waals surface area contributed by atoms with E-state index in [2.05, 4.69) is 20.4 Å². The highest BCUT2D eigenvalue weighted by atomic mass is 32.2. The van der Waals surface area contributed by atoms with E-state index >= 15 is 0 Å². The number of hydrogen-bond donors (Lipinski definition) is 2. The van der Waals surface area contributed by atoms with Crippen LogP contribution < -0.4 is 10.9 Å². The molecule has 0 bridgehead atoms. The van der Waals surface area contributed by atoms with Crippen LogP contribution in [-0.4, -0.2) is 31.4 Å². The topological polar surface area (TPSA) is 92.7 Å². The summed E-state index contributed by atoms with van der Waals surface area (Å²) in [5.41, 5.74) is 2.11. The van der Waals surface area contributed by atoms with Crippen molar-refractivity contribution in [2.75, 3.05) is 5.75 Å². The molecule has 0 aromatic carbocycles. The highest BCUT2D eigenvalue weighted by Gasteiger charge is 2.21. The maximum Gasteiger partial charge on any atom is 0.259 e. The molecule has 142 valence electrons. The second-order valence-electron chi connectivity index (χ2n) is 6.78. The lowest BCUT2D eigenvalue weighted by atomic mass is 10.2. The first-order valence-corrected chi connectivity index (χ1v) is 10.9. The smallest absolute Gasteiger partial charge is 0.259 e. The first-order chi connectivity index (χ1) is 13.0. The van der Waals surface area contributed by atoms with Crippen LogP contribution in [0.15, 0.2) is 17.2 Å². The molecule has 1 aliphatic carbocycles. The molecule has 3 aromatic rings. The fourth-order valence-electron chi connectivity index (χ4n) is 3.39. The number of fused-ring (bicyclic) bond motifs is 3. The summed E-state index contributed by atoms with van der Waals surface area (Å²) in [5, 5.41) is 7.84. The SMILES string of the molecule is CC(NC(=O)CSCc1nc2sc3c(c2c(=O)[nH]1)CCC3)c1cnn(C)c1. The minimum Gasteiger partial charge on any atom is -0.349 e. The maximum atomic E-state index is 12.4. The average molecular weight is 404 g/mol. The molecule has 0 radical (unpaired) electrons. The fourth-order valence-corrected chi connectivity index (χ4v) is 5.37. The number of hydrogen-bond acceptors (Lipinski definition) is 6. The number of amides is 1. The molecule has 3 aromatic heterocycles. The summed E-state index contributed by atoms with van der Waals surface area (Å²) in [5.74, 6) is 1.40. The summed E-state index contributed by atoms with van der Waals surface area (Å²) >= 11 is 3.08. The third-order valence-corrected chi connectivity index (χ3v) is 6.83. The van der Waals surface area contributed by atoms with Gasteiger partial charge in [-0.3, -0.25) is 14.3 Å². The molecular weight excluding hydrogens is 382 g/mol. The molecule has 3 heterocycles. The second kappa shape index (κ2) is 7.47. The molecule has 1 unspecified atom stereocenters. The zero-order chi connectivity index (χ0) is 19.0. The minimum atomic E-state index is -0.0883. The lowest BCUT2D eigenvalue weighted by molar-refractivity contribution is -0.119. The first kappa shape index (κ1) is 18.2. The number of aromatic amines is 1. The zero-order valence-corrected chi connectivity index (χ0v) is 16.9. The maximum absolute atomic E-state index is 12.4. The third-order valence-electron chi connectivity index (χ3n) is 4.70. The van der Waals surface area contributed by atoms with Crippen LogP contribution in [0.4, 0.5) is 0 Å². The number of carbonyl (C=O) groups excluding carboxylic acids is 1. The Kier molecular flexibility index (Phi) is 5.05. The highest BCUT2D eigenvalue weighted by Crippen LogP contribution is 2.34. The molecule has 0 aliphatic heterocycles. The van der Waals surface area contributed by atoms with Gasteiger partial charge in [-0.15, -0.1) is 23.1 Å². The summed E-state index contributed by atoms with van der Waals surface area (Å²) in [6.07, 6.45) is 6.79. The lowest BCUT2D eigenvalue weighted by Gasteiger charge is -2.11. The van der Waals surface area contributed by atoms with Crippen LogP contribution in [0.3, 0.4) is 0 Å². The fraction of sp³-hybridized carbons (Fsp3) is 0.444. The molecule has 1 atom stereocenters. The molecular formula is C18H21N5O2S2. The van der Waals surface area contributed by atoms with E-state index < -0.39 is 0 Å². The Bertz CT molecular complexity index is 1050. The minimum absolute atomic E-state index is 0.0464. The Morgan fingerprint density at radius 3 is 3.11 bits per heavy atom. The largest absolute Gasteiger partial charge is 0.349 e. The summed E-state index contributed by atoms with van der Waals surface area (Å²) in [6, 6.07) is -0.0883. The van der Waals surface area contributed by atoms with Gasteiger partial charge >= 0.3 is 0 Å². The second-order valence-corrected chi connectivity index (χ2v) is 8.85. The number of H-pyrrole nitrogens is 1. The number of aryl methyl sites for hydroxylation is 3. The van der Waals surface area contributed by atoms with Crippen molar-refractivity contribution in [1.29, 1.82) is 0 Å². The van der Waals surface area contributed by atoms with E-state index in [-0.39, 0.29) is 17.5 Å². The van der Waals surface area contributed by atoms with E-state index in [9.17, 15) is 9.59 Å². The van der Waals surface area contributed by atoms with Crippen LogP contribution in [0.25, 0.3) is 10.2 Å². The molecule has 0 saturated carbocycles. The molecule has 1 aliphatic rings. The number of thioether (sulfide) groups is 1. The predicted molar refractivity (Wildman–Crippen MR) is 108 cm³/mol. The van der Waals surface area contributed by atoms with E-state index in [1.807, 2.05) is 20.2 Å². The third kappa shape index (κ3) is 3.79. The number of rotatable bonds is 6. The lowest BCUT2D eigenvalue weighted by Crippen LogP contribution is -2.28. The molecule has 1 amide bonds. The molecule has 2 N–H and O–H groups in total. The van der Waals surface area contributed by atoms with Gasteiger partial charge in [0, 0.05) is 23.7 Å². The van der Waals surface area contributed by atoms with Gasteiger partial charge in [0.1, 0.15) is 10.7 Å². The van der Waals surface area contributed by atoms with Crippen molar-refractivity contribution < 1.29 is 4.79 Å². The molecule has 7 nitrogen and oxygen atoms in total. The van der Waals surface area contributed by atoms with Gasteiger partial charge in [0.2, 0.25) is 5.91 Å². The quantitative estimate of drug-likeness (QED) is 0.659. The van der Waals surface area contributed by atoms with Crippen LogP contribution in [0, 0.1) is 0 Å². The number of aromatic nitrogens is 4. The average Bonchev–Trinajstić information content (AvgIpc) is 3.30. The van der Waals surface area contributed by atoms with Crippen molar-refractivity contribution >= 4 is 39.2 Å². The van der Waals surface area contributed by atoms with Crippen LogP contribution in [-0.2, 0) is 30.4 Å². The monoisotopic (exact) mass is 403 g/mol. The van der Waals surface area contributed by atoms with Crippen LogP contribution >= 0.6 is 23.1 Å². The number of thiophene rings is 1. The molecule has 4 rings (SSSR count). The summed E-state index contributed by atoms with van der Waals surface area (Å²) in [6.45, 7) is 1.93. The molecule has 0 spiro atoms. The van der Waals surface area contributed by atoms with E-state index in [0.29, 0.717) is 17.3 Å². The van der Waals surface area contributed by atoms with Gasteiger partial charge in [0.15, 0.2) is 0 Å². The van der Waals surface area contributed by atoms with Crippen molar-refractivity contribution in [3.63, 3.8) is 0 Å². The van der Waals surface area contributed by atoms with Crippen molar-refractivity contribution in [3.8, 4) is 0 Å². The van der Waals surface area contributed by atoms with Crippen LogP contribution in [0.1, 0.15) is 41.2 Å². The Hall–Kier alpha value is -2.13. The molecule has 9 heteroatoms. The van der Waals surface area contributed by atoms with Gasteiger partial charge in [-0.05, 0) is 31.7 Å². The number of nitrogens with one attached hydrogen (secondary N) is 2. The highest BCUT2D eigenvalue weighted by molar-refractivity contribution is 7.99. The van der Waals surface area contributed by atoms with Crippen LogP contribution in [0.2, 0.25) is 0 Å².